The van der Waals surface area contributed by atoms with E-state index in [9.17, 15) is 0 Å². The van der Waals surface area contributed by atoms with E-state index < -0.39 is 27.9 Å². The van der Waals surface area contributed by atoms with Crippen molar-refractivity contribution in [2.45, 2.75) is 92.4 Å². The van der Waals surface area contributed by atoms with Crippen LogP contribution in [-0.4, -0.2) is 47.6 Å². The predicted octanol–water partition coefficient (Wildman–Crippen LogP) is 9.30. The number of hydrogen-bond acceptors (Lipinski definition) is 5. The van der Waals surface area contributed by atoms with Gasteiger partial charge in [0.05, 0.1) is 17.3 Å². The van der Waals surface area contributed by atoms with Crippen molar-refractivity contribution in [3.8, 4) is 0 Å². The second-order valence-corrected chi connectivity index (χ2v) is 18.6. The van der Waals surface area contributed by atoms with E-state index in [1.807, 2.05) is 41.5 Å². The van der Waals surface area contributed by atoms with E-state index in [2.05, 4.69) is 103 Å². The van der Waals surface area contributed by atoms with Crippen molar-refractivity contribution < 1.29 is 13.6 Å². The van der Waals surface area contributed by atoms with Crippen LogP contribution < -0.4 is 0 Å². The largest absolute Gasteiger partial charge is 0.328 e. The second-order valence-electron chi connectivity index (χ2n) is 12.5. The molecule has 0 amide bonds. The van der Waals surface area contributed by atoms with Crippen LogP contribution >= 0.6 is 16.7 Å². The molecule has 3 aromatic rings. The molecule has 0 radical (unpaired) electrons. The first-order valence-corrected chi connectivity index (χ1v) is 18.5. The summed E-state index contributed by atoms with van der Waals surface area (Å²) in [6.07, 6.45) is 1.99. The Balaban J connectivity index is 1.91. The van der Waals surface area contributed by atoms with Crippen LogP contribution in [0.3, 0.4) is 0 Å². The Morgan fingerprint density at radius 3 is 1.50 bits per heavy atom. The Bertz CT molecular complexity index is 1140. The van der Waals surface area contributed by atoms with Gasteiger partial charge < -0.3 is 18.5 Å². The van der Waals surface area contributed by atoms with Crippen molar-refractivity contribution in [2.24, 2.45) is 0 Å². The Hall–Kier alpha value is -1.50. The summed E-state index contributed by atoms with van der Waals surface area (Å²) in [5.74, 6) is 0.777. The minimum Gasteiger partial charge on any atom is -0.303 e. The number of likely N-dealkylation sites (tertiary alicyclic amines) is 1. The van der Waals surface area contributed by atoms with Crippen LogP contribution in [0.4, 0.5) is 0 Å². The maximum atomic E-state index is 7.13. The lowest BCUT2D eigenvalue weighted by atomic mass is 10.1. The summed E-state index contributed by atoms with van der Waals surface area (Å²) in [5.41, 5.74) is -1.01. The third-order valence-electron chi connectivity index (χ3n) is 6.89. The van der Waals surface area contributed by atoms with Crippen LogP contribution in [0, 0.1) is 0 Å². The van der Waals surface area contributed by atoms with Crippen molar-refractivity contribution in [3.05, 3.63) is 91.0 Å². The Labute approximate surface area is 249 Å². The molecule has 1 aliphatic rings. The second kappa shape index (κ2) is 12.8. The quantitative estimate of drug-likeness (QED) is 0.217. The van der Waals surface area contributed by atoms with Crippen molar-refractivity contribution >= 4 is 28.6 Å². The van der Waals surface area contributed by atoms with E-state index in [0.29, 0.717) is 0 Å². The monoisotopic (exact) mass is 599 g/mol. The van der Waals surface area contributed by atoms with Crippen LogP contribution in [0.2, 0.25) is 0 Å². The summed E-state index contributed by atoms with van der Waals surface area (Å²) >= 11 is 6.22. The van der Waals surface area contributed by atoms with Gasteiger partial charge in [0, 0.05) is 11.8 Å². The molecule has 0 aromatic heterocycles. The van der Waals surface area contributed by atoms with Crippen LogP contribution in [-0.2, 0) is 25.4 Å². The van der Waals surface area contributed by atoms with Gasteiger partial charge in [0.2, 0.25) is 0 Å². The molecule has 4 rings (SSSR count). The van der Waals surface area contributed by atoms with Gasteiger partial charge in [0.1, 0.15) is 0 Å². The van der Waals surface area contributed by atoms with Crippen molar-refractivity contribution in [1.29, 1.82) is 0 Å². The molecule has 3 aromatic carbocycles. The number of nitrogens with zero attached hydrogens (tertiary/aromatic N) is 1. The van der Waals surface area contributed by atoms with Gasteiger partial charge in [-0.05, 0) is 131 Å². The molecular weight excluding hydrogens is 553 g/mol. The van der Waals surface area contributed by atoms with Gasteiger partial charge in [-0.1, -0.05) is 54.6 Å². The van der Waals surface area contributed by atoms with E-state index >= 15 is 0 Å². The molecule has 1 fully saturated rings. The fourth-order valence-electron chi connectivity index (χ4n) is 5.42. The van der Waals surface area contributed by atoms with Crippen molar-refractivity contribution in [2.75, 3.05) is 19.3 Å². The minimum absolute atomic E-state index is 0.196. The van der Waals surface area contributed by atoms with E-state index in [1.165, 1.54) is 14.7 Å². The average molecular weight is 600 g/mol. The van der Waals surface area contributed by atoms with E-state index in [0.717, 1.165) is 25.1 Å². The molecule has 1 heterocycles. The Kier molecular flexibility index (Phi) is 10.1. The highest BCUT2D eigenvalue weighted by Crippen LogP contribution is 2.70. The Morgan fingerprint density at radius 2 is 1.18 bits per heavy atom. The molecule has 0 spiro atoms. The SMILES string of the molecule is CN1CCC[C@@H]1[C@H](CS(c1ccccc1)(c1ccccc1)c1ccccc1)OP(=S)(OC(C)(C)C)OC(C)(C)C. The normalized spacial score (nSPS) is 18.5. The highest BCUT2D eigenvalue weighted by molar-refractivity contribution is 8.33. The summed E-state index contributed by atoms with van der Waals surface area (Å²) < 4.78 is 20.2. The van der Waals surface area contributed by atoms with E-state index in [-0.39, 0.29) is 12.1 Å². The maximum absolute atomic E-state index is 7.13. The Morgan fingerprint density at radius 1 is 0.775 bits per heavy atom. The molecule has 0 bridgehead atoms. The maximum Gasteiger partial charge on any atom is 0.328 e. The molecule has 4 nitrogen and oxygen atoms in total. The van der Waals surface area contributed by atoms with Gasteiger partial charge >= 0.3 is 6.72 Å². The number of likely N-dealkylation sites (N-methyl/N-ethyl adjacent to an activating group) is 1. The van der Waals surface area contributed by atoms with Crippen LogP contribution in [0.5, 0.6) is 0 Å². The van der Waals surface area contributed by atoms with Gasteiger partial charge in [-0.25, -0.2) is 0 Å². The number of benzene rings is 3. The topological polar surface area (TPSA) is 30.9 Å². The fraction of sp³-hybridized carbons (Fsp3) is 0.455. The van der Waals surface area contributed by atoms with Crippen LogP contribution in [0.25, 0.3) is 0 Å². The zero-order valence-corrected chi connectivity index (χ0v) is 27.6. The zero-order valence-electron chi connectivity index (χ0n) is 25.1. The number of rotatable bonds is 10. The lowest BCUT2D eigenvalue weighted by Gasteiger charge is -2.46. The summed E-state index contributed by atoms with van der Waals surface area (Å²) in [6.45, 7) is 10.0. The van der Waals surface area contributed by atoms with E-state index in [4.69, 9.17) is 25.4 Å². The van der Waals surface area contributed by atoms with Gasteiger partial charge in [0.25, 0.3) is 0 Å². The summed E-state index contributed by atoms with van der Waals surface area (Å²) in [4.78, 5) is 6.36. The summed E-state index contributed by atoms with van der Waals surface area (Å²) in [7, 11) is 0.462. The molecule has 40 heavy (non-hydrogen) atoms. The molecular formula is C33H46NO3PS2. The zero-order chi connectivity index (χ0) is 29.0. The molecule has 0 aliphatic carbocycles. The molecule has 1 saturated heterocycles. The summed E-state index contributed by atoms with van der Waals surface area (Å²) in [5, 5.41) is 0. The molecule has 218 valence electrons. The van der Waals surface area contributed by atoms with Gasteiger partial charge in [0.15, 0.2) is 0 Å². The van der Waals surface area contributed by atoms with Crippen LogP contribution in [0.15, 0.2) is 106 Å². The highest BCUT2D eigenvalue weighted by Gasteiger charge is 2.44. The lowest BCUT2D eigenvalue weighted by molar-refractivity contribution is 0.00715. The van der Waals surface area contributed by atoms with Gasteiger partial charge in [-0.15, -0.1) is 0 Å². The molecule has 7 heteroatoms. The summed E-state index contributed by atoms with van der Waals surface area (Å²) in [6, 6.07) is 33.0. The first-order chi connectivity index (χ1) is 18.8. The van der Waals surface area contributed by atoms with Gasteiger partial charge in [-0.2, -0.15) is 10.0 Å². The van der Waals surface area contributed by atoms with Crippen LogP contribution in [0.1, 0.15) is 54.4 Å². The predicted molar refractivity (Wildman–Crippen MR) is 173 cm³/mol. The van der Waals surface area contributed by atoms with Gasteiger partial charge in [-0.3, -0.25) is 0 Å². The molecule has 2 atom stereocenters. The van der Waals surface area contributed by atoms with Crippen molar-refractivity contribution in [1.82, 2.24) is 4.90 Å². The standard InChI is InChI=1S/C33H46NO3PS2/c1-32(2,3)36-38(39,37-33(4,5)6)35-31(30-24-17-25-34(30)7)26-40(27-18-11-8-12-19-27,28-20-13-9-14-21-28)29-22-15-10-16-23-29/h8-16,18-23,30-31H,17,24-26H2,1-7H3/t30-,31+/m1/s1. The fourth-order valence-corrected chi connectivity index (χ4v) is 13.2. The first kappa shape index (κ1) is 31.4. The van der Waals surface area contributed by atoms with E-state index in [1.54, 1.807) is 0 Å². The molecule has 0 saturated carbocycles. The lowest BCUT2D eigenvalue weighted by Crippen LogP contribution is -2.42. The number of hydrogen-bond donors (Lipinski definition) is 0. The highest BCUT2D eigenvalue weighted by atomic mass is 32.5. The smallest absolute Gasteiger partial charge is 0.303 e. The third kappa shape index (κ3) is 7.86. The molecule has 0 unspecified atom stereocenters. The third-order valence-corrected chi connectivity index (χ3v) is 13.7. The molecule has 1 aliphatic heterocycles. The van der Waals surface area contributed by atoms with Crippen molar-refractivity contribution in [3.63, 3.8) is 0 Å². The average Bonchev–Trinajstić information content (AvgIpc) is 3.31. The molecule has 0 N–H and O–H groups in total. The minimum atomic E-state index is -3.14. The first-order valence-electron chi connectivity index (χ1n) is 14.2.